The number of hydrogen-bond donors (Lipinski definition) is 1. The molecule has 0 aliphatic heterocycles. The lowest BCUT2D eigenvalue weighted by Gasteiger charge is -2.15. The third-order valence-electron chi connectivity index (χ3n) is 3.77. The molecular weight excluding hydrogens is 328 g/mol. The molecule has 1 aromatic heterocycles. The van der Waals surface area contributed by atoms with Crippen LogP contribution in [0.5, 0.6) is 0 Å². The average molecular weight is 345 g/mol. The van der Waals surface area contributed by atoms with Crippen LogP contribution in [0.4, 0.5) is 0 Å². The second-order valence-corrected chi connectivity index (χ2v) is 5.94. The van der Waals surface area contributed by atoms with Crippen molar-refractivity contribution in [3.8, 4) is 6.07 Å². The molecule has 0 bridgehead atoms. The highest BCUT2D eigenvalue weighted by molar-refractivity contribution is 6.30. The van der Waals surface area contributed by atoms with Crippen LogP contribution < -0.4 is 10.9 Å². The Morgan fingerprint density at radius 2 is 2.17 bits per heavy atom. The van der Waals surface area contributed by atoms with Crippen molar-refractivity contribution >= 4 is 17.5 Å². The molecule has 1 N–H and O–H groups in total. The zero-order valence-electron chi connectivity index (χ0n) is 13.6. The molecule has 0 aliphatic carbocycles. The van der Waals surface area contributed by atoms with Crippen LogP contribution in [-0.4, -0.2) is 15.7 Å². The molecule has 1 aromatic carbocycles. The molecule has 1 atom stereocenters. The number of nitrogens with zero attached hydrogens (tertiary/aromatic N) is 3. The van der Waals surface area contributed by atoms with E-state index in [4.69, 9.17) is 16.9 Å². The van der Waals surface area contributed by atoms with Crippen LogP contribution in [0.15, 0.2) is 29.1 Å². The molecule has 0 spiro atoms. The summed E-state index contributed by atoms with van der Waals surface area (Å²) in [5.74, 6) is -0.371. The van der Waals surface area contributed by atoms with Gasteiger partial charge in [0, 0.05) is 5.02 Å². The Morgan fingerprint density at radius 1 is 1.46 bits per heavy atom. The molecule has 2 rings (SSSR count). The van der Waals surface area contributed by atoms with Gasteiger partial charge in [-0.25, -0.2) is 4.68 Å². The van der Waals surface area contributed by atoms with Gasteiger partial charge in [-0.15, -0.1) is 0 Å². The zero-order chi connectivity index (χ0) is 17.9. The van der Waals surface area contributed by atoms with Crippen LogP contribution in [0.25, 0.3) is 0 Å². The summed E-state index contributed by atoms with van der Waals surface area (Å²) >= 11 is 5.94. The Morgan fingerprint density at radius 3 is 2.79 bits per heavy atom. The summed E-state index contributed by atoms with van der Waals surface area (Å²) < 4.78 is 1.01. The molecule has 7 heteroatoms. The standard InChI is InChI=1S/C17H17ClN4O2/c1-10-11(2)21-22(17(24)15(10)8-19)9-16(23)20-12(3)13-5-4-6-14(18)7-13/h4-7,12H,9H2,1-3H3,(H,20,23)/t12-/m1/s1. The first kappa shape index (κ1) is 17.7. The molecule has 1 heterocycles. The van der Waals surface area contributed by atoms with Gasteiger partial charge < -0.3 is 5.32 Å². The van der Waals surface area contributed by atoms with Crippen molar-refractivity contribution in [3.63, 3.8) is 0 Å². The van der Waals surface area contributed by atoms with E-state index >= 15 is 0 Å². The van der Waals surface area contributed by atoms with E-state index in [1.807, 2.05) is 19.1 Å². The van der Waals surface area contributed by atoms with Crippen molar-refractivity contribution in [2.24, 2.45) is 0 Å². The summed E-state index contributed by atoms with van der Waals surface area (Å²) in [7, 11) is 0. The number of hydrogen-bond acceptors (Lipinski definition) is 4. The monoisotopic (exact) mass is 344 g/mol. The zero-order valence-corrected chi connectivity index (χ0v) is 14.4. The van der Waals surface area contributed by atoms with Crippen molar-refractivity contribution in [2.75, 3.05) is 0 Å². The molecule has 0 aliphatic rings. The van der Waals surface area contributed by atoms with Gasteiger partial charge in [-0.3, -0.25) is 9.59 Å². The minimum atomic E-state index is -0.564. The first-order valence-electron chi connectivity index (χ1n) is 7.36. The highest BCUT2D eigenvalue weighted by Gasteiger charge is 2.15. The van der Waals surface area contributed by atoms with E-state index in [1.165, 1.54) is 0 Å². The Balaban J connectivity index is 2.18. The molecule has 1 amide bonds. The van der Waals surface area contributed by atoms with E-state index in [1.54, 1.807) is 32.0 Å². The van der Waals surface area contributed by atoms with Gasteiger partial charge in [0.1, 0.15) is 18.2 Å². The van der Waals surface area contributed by atoms with E-state index in [9.17, 15) is 9.59 Å². The first-order valence-corrected chi connectivity index (χ1v) is 7.74. The predicted molar refractivity (Wildman–Crippen MR) is 90.7 cm³/mol. The number of aryl methyl sites for hydroxylation is 1. The third-order valence-corrected chi connectivity index (χ3v) is 4.00. The number of rotatable bonds is 4. The van der Waals surface area contributed by atoms with Crippen LogP contribution >= 0.6 is 11.6 Å². The maximum atomic E-state index is 12.2. The molecule has 24 heavy (non-hydrogen) atoms. The molecular formula is C17H17ClN4O2. The molecule has 2 aromatic rings. The lowest BCUT2D eigenvalue weighted by atomic mass is 10.1. The molecule has 0 saturated carbocycles. The summed E-state index contributed by atoms with van der Waals surface area (Å²) in [5.41, 5.74) is 1.38. The third kappa shape index (κ3) is 3.81. The number of amides is 1. The highest BCUT2D eigenvalue weighted by Crippen LogP contribution is 2.17. The molecule has 0 unspecified atom stereocenters. The summed E-state index contributed by atoms with van der Waals surface area (Å²) in [6.45, 7) is 4.92. The van der Waals surface area contributed by atoms with E-state index in [0.29, 0.717) is 16.3 Å². The smallest absolute Gasteiger partial charge is 0.285 e. The molecule has 0 saturated heterocycles. The normalized spacial score (nSPS) is 11.6. The number of nitrogens with one attached hydrogen (secondary N) is 1. The van der Waals surface area contributed by atoms with E-state index in [0.717, 1.165) is 10.2 Å². The summed E-state index contributed by atoms with van der Waals surface area (Å²) in [4.78, 5) is 24.4. The van der Waals surface area contributed by atoms with Gasteiger partial charge in [-0.05, 0) is 44.0 Å². The Labute approximate surface area is 144 Å². The van der Waals surface area contributed by atoms with Crippen molar-refractivity contribution in [1.82, 2.24) is 15.1 Å². The molecule has 0 radical (unpaired) electrons. The largest absolute Gasteiger partial charge is 0.348 e. The number of carbonyl (C=O) groups is 1. The van der Waals surface area contributed by atoms with Crippen LogP contribution in [0.2, 0.25) is 5.02 Å². The van der Waals surface area contributed by atoms with Crippen molar-refractivity contribution < 1.29 is 4.79 Å². The summed E-state index contributed by atoms with van der Waals surface area (Å²) in [5, 5.41) is 16.6. The van der Waals surface area contributed by atoms with Gasteiger partial charge in [-0.1, -0.05) is 23.7 Å². The second kappa shape index (κ2) is 7.28. The van der Waals surface area contributed by atoms with E-state index in [-0.39, 0.29) is 24.1 Å². The van der Waals surface area contributed by atoms with E-state index in [2.05, 4.69) is 10.4 Å². The van der Waals surface area contributed by atoms with Gasteiger partial charge in [0.15, 0.2) is 0 Å². The lowest BCUT2D eigenvalue weighted by molar-refractivity contribution is -0.122. The molecule has 124 valence electrons. The van der Waals surface area contributed by atoms with Crippen LogP contribution in [0.3, 0.4) is 0 Å². The molecule has 0 fully saturated rings. The highest BCUT2D eigenvalue weighted by atomic mass is 35.5. The Hall–Kier alpha value is -2.65. The fourth-order valence-electron chi connectivity index (χ4n) is 2.29. The minimum Gasteiger partial charge on any atom is -0.348 e. The SMILES string of the molecule is Cc1nn(CC(=O)N[C@H](C)c2cccc(Cl)c2)c(=O)c(C#N)c1C. The minimum absolute atomic E-state index is 0.0122. The van der Waals surface area contributed by atoms with Gasteiger partial charge in [0.05, 0.1) is 11.7 Å². The Kier molecular flexibility index (Phi) is 5.37. The number of aromatic nitrogens is 2. The van der Waals surface area contributed by atoms with Crippen molar-refractivity contribution in [1.29, 1.82) is 5.26 Å². The topological polar surface area (TPSA) is 87.8 Å². The maximum absolute atomic E-state index is 12.2. The lowest BCUT2D eigenvalue weighted by Crippen LogP contribution is -2.36. The van der Waals surface area contributed by atoms with Crippen LogP contribution in [-0.2, 0) is 11.3 Å². The molecule has 6 nitrogen and oxygen atoms in total. The van der Waals surface area contributed by atoms with Crippen LogP contribution in [0.1, 0.15) is 35.3 Å². The quantitative estimate of drug-likeness (QED) is 0.921. The van der Waals surface area contributed by atoms with Crippen LogP contribution in [0, 0.1) is 25.2 Å². The fourth-order valence-corrected chi connectivity index (χ4v) is 2.49. The summed E-state index contributed by atoms with van der Waals surface area (Å²) in [6.07, 6.45) is 0. The number of carbonyl (C=O) groups excluding carboxylic acids is 1. The Bertz CT molecular complexity index is 883. The van der Waals surface area contributed by atoms with Gasteiger partial charge in [0.25, 0.3) is 5.56 Å². The average Bonchev–Trinajstić information content (AvgIpc) is 2.53. The van der Waals surface area contributed by atoms with Gasteiger partial charge in [0.2, 0.25) is 5.91 Å². The van der Waals surface area contributed by atoms with Crippen molar-refractivity contribution in [2.45, 2.75) is 33.4 Å². The maximum Gasteiger partial charge on any atom is 0.285 e. The van der Waals surface area contributed by atoms with Gasteiger partial charge in [-0.2, -0.15) is 10.4 Å². The number of benzene rings is 1. The second-order valence-electron chi connectivity index (χ2n) is 5.50. The predicted octanol–water partition coefficient (Wildman–Crippen LogP) is 2.26. The van der Waals surface area contributed by atoms with Gasteiger partial charge >= 0.3 is 0 Å². The fraction of sp³-hybridized carbons (Fsp3) is 0.294. The number of halogens is 1. The summed E-state index contributed by atoms with van der Waals surface area (Å²) in [6, 6.07) is 8.77. The first-order chi connectivity index (χ1) is 11.3. The van der Waals surface area contributed by atoms with E-state index < -0.39 is 5.56 Å². The van der Waals surface area contributed by atoms with Crippen molar-refractivity contribution in [3.05, 3.63) is 62.0 Å². The number of nitriles is 1.